The van der Waals surface area contributed by atoms with Gasteiger partial charge in [0.05, 0.1) is 11.5 Å². The molecule has 104 valence electrons. The van der Waals surface area contributed by atoms with Crippen molar-refractivity contribution in [3.8, 4) is 0 Å². The minimum Gasteiger partial charge on any atom is -0.338 e. The molecule has 2 aliphatic heterocycles. The maximum atomic E-state index is 11.7. The summed E-state index contributed by atoms with van der Waals surface area (Å²) in [4.78, 5) is 13.2. The summed E-state index contributed by atoms with van der Waals surface area (Å²) in [6.45, 7) is 0.0857. The average Bonchev–Trinajstić information content (AvgIpc) is 2.60. The van der Waals surface area contributed by atoms with E-state index in [4.69, 9.17) is 5.14 Å². The van der Waals surface area contributed by atoms with E-state index in [2.05, 4.69) is 0 Å². The van der Waals surface area contributed by atoms with Crippen LogP contribution in [0.4, 0.5) is 0 Å². The van der Waals surface area contributed by atoms with E-state index in [9.17, 15) is 21.6 Å². The third-order valence-electron chi connectivity index (χ3n) is 3.55. The van der Waals surface area contributed by atoms with E-state index in [1.54, 1.807) is 0 Å². The Labute approximate surface area is 106 Å². The molecule has 0 aromatic heterocycles. The Morgan fingerprint density at radius 3 is 2.22 bits per heavy atom. The van der Waals surface area contributed by atoms with Crippen molar-refractivity contribution in [2.45, 2.75) is 30.6 Å². The number of sulfone groups is 1. The molecule has 2 saturated heterocycles. The summed E-state index contributed by atoms with van der Waals surface area (Å²) in [6, 6.07) is -0.173. The van der Waals surface area contributed by atoms with Crippen LogP contribution in [0.1, 0.15) is 19.3 Å². The molecule has 0 radical (unpaired) electrons. The zero-order valence-corrected chi connectivity index (χ0v) is 11.4. The van der Waals surface area contributed by atoms with Gasteiger partial charge in [0.2, 0.25) is 15.9 Å². The van der Waals surface area contributed by atoms with Gasteiger partial charge in [-0.2, -0.15) is 0 Å². The number of primary sulfonamides is 1. The van der Waals surface area contributed by atoms with Gasteiger partial charge < -0.3 is 4.90 Å². The molecule has 7 nitrogen and oxygen atoms in total. The summed E-state index contributed by atoms with van der Waals surface area (Å²) < 4.78 is 45.0. The predicted molar refractivity (Wildman–Crippen MR) is 64.9 cm³/mol. The van der Waals surface area contributed by atoms with Gasteiger partial charge in [-0.3, -0.25) is 4.79 Å². The molecule has 0 aliphatic carbocycles. The largest absolute Gasteiger partial charge is 0.338 e. The third kappa shape index (κ3) is 2.83. The van der Waals surface area contributed by atoms with Gasteiger partial charge in [-0.1, -0.05) is 0 Å². The van der Waals surface area contributed by atoms with Crippen molar-refractivity contribution in [2.75, 3.05) is 18.1 Å². The molecule has 1 unspecified atom stereocenters. The molecular formula is C9H16N2O5S2. The summed E-state index contributed by atoms with van der Waals surface area (Å²) in [5, 5.41) is 4.18. The summed E-state index contributed by atoms with van der Waals surface area (Å²) >= 11 is 0. The van der Waals surface area contributed by atoms with Crippen LogP contribution in [0.15, 0.2) is 0 Å². The Hall–Kier alpha value is -0.670. The molecule has 18 heavy (non-hydrogen) atoms. The van der Waals surface area contributed by atoms with Gasteiger partial charge in [0.25, 0.3) is 0 Å². The fraction of sp³-hybridized carbons (Fsp3) is 0.889. The molecule has 2 fully saturated rings. The van der Waals surface area contributed by atoms with Crippen LogP contribution in [-0.4, -0.2) is 57.0 Å². The first kappa shape index (κ1) is 13.8. The van der Waals surface area contributed by atoms with Gasteiger partial charge in [0, 0.05) is 19.0 Å². The van der Waals surface area contributed by atoms with E-state index in [0.717, 1.165) is 0 Å². The number of nitrogens with zero attached hydrogens (tertiary/aromatic N) is 1. The highest BCUT2D eigenvalue weighted by Crippen LogP contribution is 2.25. The molecule has 1 amide bonds. The van der Waals surface area contributed by atoms with E-state index in [1.165, 1.54) is 4.90 Å². The molecule has 0 spiro atoms. The lowest BCUT2D eigenvalue weighted by Gasteiger charge is -2.31. The van der Waals surface area contributed by atoms with Gasteiger partial charge in [0.1, 0.15) is 15.1 Å². The second kappa shape index (κ2) is 4.46. The highest BCUT2D eigenvalue weighted by Gasteiger charge is 2.41. The van der Waals surface area contributed by atoms with Crippen LogP contribution >= 0.6 is 0 Å². The van der Waals surface area contributed by atoms with Crippen molar-refractivity contribution >= 4 is 25.8 Å². The van der Waals surface area contributed by atoms with Crippen LogP contribution in [0.2, 0.25) is 0 Å². The fourth-order valence-electron chi connectivity index (χ4n) is 2.46. The second-order valence-corrected chi connectivity index (χ2v) is 8.99. The average molecular weight is 296 g/mol. The molecule has 2 N–H and O–H groups in total. The first-order chi connectivity index (χ1) is 8.19. The highest BCUT2D eigenvalue weighted by molar-refractivity contribution is 7.91. The van der Waals surface area contributed by atoms with Crippen LogP contribution < -0.4 is 5.14 Å². The minimum atomic E-state index is -3.71. The molecule has 2 heterocycles. The van der Waals surface area contributed by atoms with E-state index in [1.807, 2.05) is 0 Å². The van der Waals surface area contributed by atoms with Gasteiger partial charge in [-0.15, -0.1) is 0 Å². The van der Waals surface area contributed by atoms with Crippen molar-refractivity contribution in [3.05, 3.63) is 0 Å². The Morgan fingerprint density at radius 1 is 1.22 bits per heavy atom. The lowest BCUT2D eigenvalue weighted by atomic mass is 10.1. The Balaban J connectivity index is 2.06. The van der Waals surface area contributed by atoms with Crippen molar-refractivity contribution in [1.29, 1.82) is 0 Å². The van der Waals surface area contributed by atoms with Gasteiger partial charge in [-0.05, 0) is 12.8 Å². The summed E-state index contributed by atoms with van der Waals surface area (Å²) in [5.41, 5.74) is 0. The van der Waals surface area contributed by atoms with Crippen LogP contribution in [0.3, 0.4) is 0 Å². The number of rotatable bonds is 2. The quantitative estimate of drug-likeness (QED) is 0.662. The van der Waals surface area contributed by atoms with Crippen molar-refractivity contribution in [1.82, 2.24) is 4.90 Å². The van der Waals surface area contributed by atoms with Crippen LogP contribution in [0.25, 0.3) is 0 Å². The Bertz CT molecular complexity index is 540. The smallest absolute Gasteiger partial charge is 0.224 e. The SMILES string of the molecule is NS(=O)(=O)C1CC(=O)N(C2CCS(=O)(=O)CC2)C1. The van der Waals surface area contributed by atoms with Crippen LogP contribution in [0, 0.1) is 0 Å². The third-order valence-corrected chi connectivity index (χ3v) is 6.51. The summed E-state index contributed by atoms with van der Waals surface area (Å²) in [7, 11) is -6.70. The van der Waals surface area contributed by atoms with Gasteiger partial charge in [0.15, 0.2) is 0 Å². The van der Waals surface area contributed by atoms with E-state index >= 15 is 0 Å². The number of hydrogen-bond acceptors (Lipinski definition) is 5. The Kier molecular flexibility index (Phi) is 3.41. The van der Waals surface area contributed by atoms with Crippen LogP contribution in [-0.2, 0) is 24.7 Å². The van der Waals surface area contributed by atoms with E-state index < -0.39 is 25.1 Å². The lowest BCUT2D eigenvalue weighted by Crippen LogP contribution is -2.43. The first-order valence-corrected chi connectivity index (χ1v) is 9.13. The number of likely N-dealkylation sites (tertiary alicyclic amines) is 1. The Morgan fingerprint density at radius 2 is 1.78 bits per heavy atom. The van der Waals surface area contributed by atoms with Crippen LogP contribution in [0.5, 0.6) is 0 Å². The first-order valence-electron chi connectivity index (χ1n) is 5.70. The van der Waals surface area contributed by atoms with Crippen molar-refractivity contribution in [2.24, 2.45) is 5.14 Å². The molecule has 2 rings (SSSR count). The number of sulfonamides is 1. The molecular weight excluding hydrogens is 280 g/mol. The number of carbonyl (C=O) groups excluding carboxylic acids is 1. The number of nitrogens with two attached hydrogens (primary N) is 1. The highest BCUT2D eigenvalue weighted by atomic mass is 32.2. The maximum absolute atomic E-state index is 11.7. The standard InChI is InChI=1S/C9H16N2O5S2/c10-18(15,16)8-5-9(12)11(6-8)7-1-3-17(13,14)4-2-7/h7-8H,1-6H2,(H2,10,15,16). The van der Waals surface area contributed by atoms with Crippen molar-refractivity contribution < 1.29 is 21.6 Å². The fourth-order valence-corrected chi connectivity index (χ4v) is 4.67. The second-order valence-electron chi connectivity index (χ2n) is 4.84. The summed E-state index contributed by atoms with van der Waals surface area (Å²) in [5.74, 6) is -0.137. The predicted octanol–water partition coefficient (Wildman–Crippen LogP) is -1.55. The molecule has 0 aromatic carbocycles. The van der Waals surface area contributed by atoms with E-state index in [-0.39, 0.29) is 36.4 Å². The molecule has 1 atom stereocenters. The van der Waals surface area contributed by atoms with Gasteiger partial charge >= 0.3 is 0 Å². The zero-order chi connectivity index (χ0) is 13.6. The molecule has 0 bridgehead atoms. The monoisotopic (exact) mass is 296 g/mol. The number of carbonyl (C=O) groups is 1. The molecule has 2 aliphatic rings. The molecule has 9 heteroatoms. The number of hydrogen-bond donors (Lipinski definition) is 1. The molecule has 0 aromatic rings. The lowest BCUT2D eigenvalue weighted by molar-refractivity contribution is -0.129. The van der Waals surface area contributed by atoms with E-state index in [0.29, 0.717) is 12.8 Å². The zero-order valence-electron chi connectivity index (χ0n) is 9.78. The molecule has 0 saturated carbocycles. The maximum Gasteiger partial charge on any atom is 0.224 e. The topological polar surface area (TPSA) is 115 Å². The number of amides is 1. The normalized spacial score (nSPS) is 29.7. The van der Waals surface area contributed by atoms with Crippen molar-refractivity contribution in [3.63, 3.8) is 0 Å². The minimum absolute atomic E-state index is 0.0570. The summed E-state index contributed by atoms with van der Waals surface area (Å²) in [6.07, 6.45) is 0.666. The van der Waals surface area contributed by atoms with Gasteiger partial charge in [-0.25, -0.2) is 22.0 Å².